The summed E-state index contributed by atoms with van der Waals surface area (Å²) in [6.07, 6.45) is 4.50. The van der Waals surface area contributed by atoms with Crippen LogP contribution in [0.1, 0.15) is 31.2 Å². The average Bonchev–Trinajstić information content (AvgIpc) is 2.40. The molecule has 1 aromatic carbocycles. The third kappa shape index (κ3) is 3.88. The molecule has 2 rings (SSSR count). The second kappa shape index (κ2) is 6.96. The molecule has 0 aromatic heterocycles. The quantitative estimate of drug-likeness (QED) is 0.802. The van der Waals surface area contributed by atoms with Gasteiger partial charge in [0.1, 0.15) is 10.6 Å². The molecule has 0 bridgehead atoms. The van der Waals surface area contributed by atoms with Gasteiger partial charge in [-0.1, -0.05) is 30.9 Å². The molecule has 0 amide bonds. The molecule has 0 radical (unpaired) electrons. The number of benzene rings is 1. The molecule has 0 spiro atoms. The number of nitrogens with two attached hydrogens (primary N) is 1. The summed E-state index contributed by atoms with van der Waals surface area (Å²) in [6, 6.07) is 3.01. The van der Waals surface area contributed by atoms with E-state index in [1.807, 2.05) is 0 Å². The lowest BCUT2D eigenvalue weighted by Crippen LogP contribution is -2.28. The molecule has 1 aliphatic carbocycles. The number of sulfonamides is 1. The number of halogens is 1. The second-order valence-corrected chi connectivity index (χ2v) is 7.46. The monoisotopic (exact) mass is 332 g/mol. The lowest BCUT2D eigenvalue weighted by Gasteiger charge is -2.25. The van der Waals surface area contributed by atoms with Crippen molar-refractivity contribution in [2.75, 3.05) is 13.7 Å². The van der Waals surface area contributed by atoms with Crippen molar-refractivity contribution in [2.45, 2.75) is 37.1 Å². The van der Waals surface area contributed by atoms with Crippen molar-refractivity contribution in [2.24, 2.45) is 11.7 Å². The van der Waals surface area contributed by atoms with Crippen molar-refractivity contribution < 1.29 is 13.2 Å². The van der Waals surface area contributed by atoms with Gasteiger partial charge < -0.3 is 10.5 Å². The van der Waals surface area contributed by atoms with E-state index in [2.05, 4.69) is 4.72 Å². The van der Waals surface area contributed by atoms with Crippen LogP contribution < -0.4 is 15.2 Å². The maximum absolute atomic E-state index is 12.4. The highest BCUT2D eigenvalue weighted by atomic mass is 35.5. The summed E-state index contributed by atoms with van der Waals surface area (Å²) in [5.41, 5.74) is 6.19. The normalized spacial score (nSPS) is 15.8. The van der Waals surface area contributed by atoms with Gasteiger partial charge in [-0.25, -0.2) is 13.1 Å². The SMILES string of the molecule is COc1c(CN)cc(Cl)cc1S(=O)(=O)NCCC1CCC1. The van der Waals surface area contributed by atoms with Crippen LogP contribution in [-0.2, 0) is 16.6 Å². The van der Waals surface area contributed by atoms with Crippen molar-refractivity contribution in [3.05, 3.63) is 22.7 Å². The molecule has 1 saturated carbocycles. The van der Waals surface area contributed by atoms with Crippen LogP contribution in [0.4, 0.5) is 0 Å². The van der Waals surface area contributed by atoms with E-state index in [-0.39, 0.29) is 17.2 Å². The largest absolute Gasteiger partial charge is 0.495 e. The van der Waals surface area contributed by atoms with E-state index >= 15 is 0 Å². The third-order valence-corrected chi connectivity index (χ3v) is 5.56. The van der Waals surface area contributed by atoms with Gasteiger partial charge in [0.05, 0.1) is 7.11 Å². The Kier molecular flexibility index (Phi) is 5.48. The molecular weight excluding hydrogens is 312 g/mol. The van der Waals surface area contributed by atoms with Crippen LogP contribution in [0, 0.1) is 5.92 Å². The van der Waals surface area contributed by atoms with E-state index in [0.29, 0.717) is 23.0 Å². The lowest BCUT2D eigenvalue weighted by molar-refractivity contribution is 0.297. The van der Waals surface area contributed by atoms with E-state index in [9.17, 15) is 8.42 Å². The maximum atomic E-state index is 12.4. The van der Waals surface area contributed by atoms with Gasteiger partial charge in [0, 0.05) is 23.7 Å². The van der Waals surface area contributed by atoms with Gasteiger partial charge in [-0.15, -0.1) is 0 Å². The van der Waals surface area contributed by atoms with Crippen LogP contribution in [0.25, 0.3) is 0 Å². The zero-order valence-electron chi connectivity index (χ0n) is 12.1. The highest BCUT2D eigenvalue weighted by molar-refractivity contribution is 7.89. The first-order valence-corrected chi connectivity index (χ1v) is 8.90. The number of hydrogen-bond acceptors (Lipinski definition) is 4. The maximum Gasteiger partial charge on any atom is 0.244 e. The van der Waals surface area contributed by atoms with Gasteiger partial charge in [-0.2, -0.15) is 0 Å². The van der Waals surface area contributed by atoms with Crippen molar-refractivity contribution in [1.82, 2.24) is 4.72 Å². The summed E-state index contributed by atoms with van der Waals surface area (Å²) >= 11 is 5.98. The van der Waals surface area contributed by atoms with Gasteiger partial charge in [-0.05, 0) is 24.5 Å². The van der Waals surface area contributed by atoms with Crippen LogP contribution in [0.15, 0.2) is 17.0 Å². The summed E-state index contributed by atoms with van der Waals surface area (Å²) in [6.45, 7) is 0.592. The summed E-state index contributed by atoms with van der Waals surface area (Å²) in [5.74, 6) is 0.909. The molecule has 0 atom stereocenters. The Morgan fingerprint density at radius 2 is 2.14 bits per heavy atom. The third-order valence-electron chi connectivity index (χ3n) is 3.88. The van der Waals surface area contributed by atoms with Gasteiger partial charge in [0.2, 0.25) is 10.0 Å². The Labute approximate surface area is 130 Å². The standard InChI is InChI=1S/C14H21ClN2O3S/c1-20-14-11(9-16)7-12(15)8-13(14)21(18,19)17-6-5-10-3-2-4-10/h7-8,10,17H,2-6,9,16H2,1H3. The zero-order chi connectivity index (χ0) is 15.5. The number of ether oxygens (including phenoxy) is 1. The van der Waals surface area contributed by atoms with Crippen LogP contribution in [0.2, 0.25) is 5.02 Å². The molecule has 5 nitrogen and oxygen atoms in total. The minimum absolute atomic E-state index is 0.0477. The summed E-state index contributed by atoms with van der Waals surface area (Å²) in [5, 5.41) is 0.329. The Morgan fingerprint density at radius 3 is 2.67 bits per heavy atom. The highest BCUT2D eigenvalue weighted by Crippen LogP contribution is 2.32. The first kappa shape index (κ1) is 16.5. The molecule has 21 heavy (non-hydrogen) atoms. The first-order valence-electron chi connectivity index (χ1n) is 7.04. The van der Waals surface area contributed by atoms with E-state index in [1.54, 1.807) is 6.07 Å². The average molecular weight is 333 g/mol. The fourth-order valence-corrected chi connectivity index (χ4v) is 4.05. The first-order chi connectivity index (χ1) is 9.97. The van der Waals surface area contributed by atoms with Crippen LogP contribution >= 0.6 is 11.6 Å². The molecule has 1 fully saturated rings. The van der Waals surface area contributed by atoms with E-state index in [0.717, 1.165) is 6.42 Å². The molecule has 0 aliphatic heterocycles. The molecule has 0 saturated heterocycles. The number of rotatable bonds is 7. The Balaban J connectivity index is 2.19. The van der Waals surface area contributed by atoms with E-state index < -0.39 is 10.0 Å². The minimum atomic E-state index is -3.65. The van der Waals surface area contributed by atoms with E-state index in [4.69, 9.17) is 22.1 Å². The smallest absolute Gasteiger partial charge is 0.244 e. The zero-order valence-corrected chi connectivity index (χ0v) is 13.6. The molecule has 0 heterocycles. The van der Waals surface area contributed by atoms with Gasteiger partial charge in [0.15, 0.2) is 0 Å². The molecule has 3 N–H and O–H groups in total. The predicted molar refractivity (Wildman–Crippen MR) is 83.0 cm³/mol. The van der Waals surface area contributed by atoms with Gasteiger partial charge >= 0.3 is 0 Å². The van der Waals surface area contributed by atoms with Crippen molar-refractivity contribution in [3.63, 3.8) is 0 Å². The predicted octanol–water partition coefficient (Wildman–Crippen LogP) is 2.28. The van der Waals surface area contributed by atoms with Crippen molar-refractivity contribution in [1.29, 1.82) is 0 Å². The topological polar surface area (TPSA) is 81.4 Å². The molecule has 1 aromatic rings. The fraction of sp³-hybridized carbons (Fsp3) is 0.571. The van der Waals surface area contributed by atoms with Crippen molar-refractivity contribution in [3.8, 4) is 5.75 Å². The van der Waals surface area contributed by atoms with Crippen molar-refractivity contribution >= 4 is 21.6 Å². The van der Waals surface area contributed by atoms with Crippen LogP contribution in [-0.4, -0.2) is 22.1 Å². The molecular formula is C14H21ClN2O3S. The Bertz CT molecular complexity index is 600. The number of hydrogen-bond donors (Lipinski definition) is 2. The minimum Gasteiger partial charge on any atom is -0.495 e. The lowest BCUT2D eigenvalue weighted by atomic mass is 9.83. The Morgan fingerprint density at radius 1 is 1.43 bits per heavy atom. The van der Waals surface area contributed by atoms with Crippen LogP contribution in [0.5, 0.6) is 5.75 Å². The molecule has 0 unspecified atom stereocenters. The van der Waals surface area contributed by atoms with Gasteiger partial charge in [0.25, 0.3) is 0 Å². The van der Waals surface area contributed by atoms with Crippen LogP contribution in [0.3, 0.4) is 0 Å². The Hall–Kier alpha value is -0.820. The fourth-order valence-electron chi connectivity index (χ4n) is 2.46. The molecule has 1 aliphatic rings. The van der Waals surface area contributed by atoms with Gasteiger partial charge in [-0.3, -0.25) is 0 Å². The summed E-state index contributed by atoms with van der Waals surface area (Å²) < 4.78 is 32.7. The number of nitrogens with one attached hydrogen (secondary N) is 1. The molecule has 118 valence electrons. The second-order valence-electron chi connectivity index (χ2n) is 5.28. The number of methoxy groups -OCH3 is 1. The molecule has 7 heteroatoms. The van der Waals surface area contributed by atoms with E-state index in [1.165, 1.54) is 32.4 Å². The summed E-state index contributed by atoms with van der Waals surface area (Å²) in [7, 11) is -2.23. The highest BCUT2D eigenvalue weighted by Gasteiger charge is 2.23. The summed E-state index contributed by atoms with van der Waals surface area (Å²) in [4.78, 5) is 0.0477.